The van der Waals surface area contributed by atoms with Crippen molar-refractivity contribution in [1.82, 2.24) is 9.21 Å². The third-order valence-electron chi connectivity index (χ3n) is 5.87. The fraction of sp³-hybridized carbons (Fsp3) is 0.333. The SMILES string of the molecule is C#Cc1cccc(NC(=O)CN(C)C(=O)C2CCN(S(=O)(=O)c3cc([N+](=O)[O-])ccc3C)CC2)c1. The van der Waals surface area contributed by atoms with Gasteiger partial charge in [0.15, 0.2) is 0 Å². The number of nitrogens with zero attached hydrogens (tertiary/aromatic N) is 3. The number of likely N-dealkylation sites (N-methyl/N-ethyl adjacent to an activating group) is 1. The standard InChI is InChI=1S/C24H26N4O6S/c1-4-18-6-5-7-20(14-18)25-23(29)16-26(3)24(30)19-10-12-27(13-11-19)35(33,34)22-15-21(28(31)32)9-8-17(22)2/h1,5-9,14-15,19H,10-13,16H2,2-3H3,(H,25,29). The molecule has 1 N–H and O–H groups in total. The number of amides is 2. The Morgan fingerprint density at radius 3 is 2.54 bits per heavy atom. The third kappa shape index (κ3) is 6.03. The van der Waals surface area contributed by atoms with Crippen LogP contribution >= 0.6 is 0 Å². The summed E-state index contributed by atoms with van der Waals surface area (Å²) in [5, 5.41) is 13.8. The highest BCUT2D eigenvalue weighted by Gasteiger charge is 2.34. The molecule has 0 radical (unpaired) electrons. The molecule has 184 valence electrons. The largest absolute Gasteiger partial charge is 0.336 e. The highest BCUT2D eigenvalue weighted by Crippen LogP contribution is 2.28. The number of carbonyl (C=O) groups excluding carboxylic acids is 2. The molecule has 2 aromatic carbocycles. The molecule has 1 heterocycles. The molecule has 1 aliphatic rings. The molecule has 3 rings (SSSR count). The van der Waals surface area contributed by atoms with Gasteiger partial charge in [0.25, 0.3) is 5.69 Å². The van der Waals surface area contributed by atoms with Crippen LogP contribution < -0.4 is 5.32 Å². The molecule has 0 saturated carbocycles. The van der Waals surface area contributed by atoms with Gasteiger partial charge in [-0.25, -0.2) is 8.42 Å². The Kier molecular flexibility index (Phi) is 7.89. The number of rotatable bonds is 7. The minimum Gasteiger partial charge on any atom is -0.336 e. The number of non-ortho nitro benzene ring substituents is 1. The highest BCUT2D eigenvalue weighted by molar-refractivity contribution is 7.89. The van der Waals surface area contributed by atoms with Crippen LogP contribution in [0.1, 0.15) is 24.0 Å². The normalized spacial score (nSPS) is 14.7. The van der Waals surface area contributed by atoms with Gasteiger partial charge in [0.1, 0.15) is 0 Å². The van der Waals surface area contributed by atoms with E-state index in [1.165, 1.54) is 28.4 Å². The third-order valence-corrected chi connectivity index (χ3v) is 7.91. The number of nitrogens with one attached hydrogen (secondary N) is 1. The number of nitro benzene ring substituents is 1. The lowest BCUT2D eigenvalue weighted by Crippen LogP contribution is -2.45. The molecule has 1 aliphatic heterocycles. The minimum atomic E-state index is -3.95. The van der Waals surface area contributed by atoms with Crippen molar-refractivity contribution < 1.29 is 22.9 Å². The summed E-state index contributed by atoms with van der Waals surface area (Å²) in [6.45, 7) is 1.61. The van der Waals surface area contributed by atoms with Crippen LogP contribution in [0, 0.1) is 35.3 Å². The first-order chi connectivity index (χ1) is 16.5. The van der Waals surface area contributed by atoms with E-state index in [2.05, 4.69) is 11.2 Å². The Labute approximate surface area is 204 Å². The van der Waals surface area contributed by atoms with Crippen LogP contribution in [0.4, 0.5) is 11.4 Å². The number of sulfonamides is 1. The molecular weight excluding hydrogens is 472 g/mol. The second kappa shape index (κ2) is 10.7. The zero-order valence-electron chi connectivity index (χ0n) is 19.4. The Balaban J connectivity index is 1.59. The van der Waals surface area contributed by atoms with Crippen molar-refractivity contribution in [2.24, 2.45) is 5.92 Å². The van der Waals surface area contributed by atoms with Crippen molar-refractivity contribution in [1.29, 1.82) is 0 Å². The molecule has 0 aromatic heterocycles. The number of nitro groups is 1. The second-order valence-corrected chi connectivity index (χ2v) is 10.3. The first-order valence-electron chi connectivity index (χ1n) is 10.9. The number of terminal acetylenes is 1. The van der Waals surface area contributed by atoms with E-state index < -0.39 is 20.9 Å². The summed E-state index contributed by atoms with van der Waals surface area (Å²) >= 11 is 0. The first kappa shape index (κ1) is 25.9. The molecule has 0 aliphatic carbocycles. The predicted molar refractivity (Wildman–Crippen MR) is 130 cm³/mol. The number of hydrogen-bond acceptors (Lipinski definition) is 6. The fourth-order valence-corrected chi connectivity index (χ4v) is 5.67. The van der Waals surface area contributed by atoms with E-state index >= 15 is 0 Å². The highest BCUT2D eigenvalue weighted by atomic mass is 32.2. The van der Waals surface area contributed by atoms with Crippen LogP contribution in [0.5, 0.6) is 0 Å². The van der Waals surface area contributed by atoms with Crippen molar-refractivity contribution in [3.63, 3.8) is 0 Å². The van der Waals surface area contributed by atoms with E-state index in [4.69, 9.17) is 6.42 Å². The minimum absolute atomic E-state index is 0.0970. The van der Waals surface area contributed by atoms with Crippen LogP contribution in [0.2, 0.25) is 0 Å². The van der Waals surface area contributed by atoms with E-state index in [0.717, 1.165) is 6.07 Å². The molecule has 0 bridgehead atoms. The fourth-order valence-electron chi connectivity index (χ4n) is 3.95. The zero-order valence-corrected chi connectivity index (χ0v) is 20.2. The monoisotopic (exact) mass is 498 g/mol. The number of benzene rings is 2. The lowest BCUT2D eigenvalue weighted by molar-refractivity contribution is -0.385. The summed E-state index contributed by atoms with van der Waals surface area (Å²) in [4.78, 5) is 36.9. The smallest absolute Gasteiger partial charge is 0.270 e. The summed E-state index contributed by atoms with van der Waals surface area (Å²) < 4.78 is 27.4. The Morgan fingerprint density at radius 1 is 1.23 bits per heavy atom. The predicted octanol–water partition coefficient (Wildman–Crippen LogP) is 2.38. The molecule has 0 atom stereocenters. The number of anilines is 1. The van der Waals surface area contributed by atoms with Gasteiger partial charge in [0, 0.05) is 49.4 Å². The van der Waals surface area contributed by atoms with Crippen molar-refractivity contribution in [3.05, 3.63) is 63.7 Å². The Morgan fingerprint density at radius 2 is 1.91 bits per heavy atom. The Hall–Kier alpha value is -3.75. The van der Waals surface area contributed by atoms with Crippen molar-refractivity contribution >= 4 is 33.2 Å². The lowest BCUT2D eigenvalue weighted by atomic mass is 9.96. The van der Waals surface area contributed by atoms with Gasteiger partial charge in [-0.3, -0.25) is 19.7 Å². The lowest BCUT2D eigenvalue weighted by Gasteiger charge is -2.32. The molecule has 0 spiro atoms. The zero-order chi connectivity index (χ0) is 25.8. The number of carbonyl (C=O) groups is 2. The summed E-state index contributed by atoms with van der Waals surface area (Å²) in [6.07, 6.45) is 5.92. The maximum absolute atomic E-state index is 13.1. The van der Waals surface area contributed by atoms with E-state index in [9.17, 15) is 28.1 Å². The second-order valence-electron chi connectivity index (χ2n) is 8.35. The summed E-state index contributed by atoms with van der Waals surface area (Å²) in [5.74, 6) is 1.42. The van der Waals surface area contributed by atoms with Gasteiger partial charge in [0.05, 0.1) is 16.4 Å². The van der Waals surface area contributed by atoms with Gasteiger partial charge in [-0.2, -0.15) is 4.31 Å². The van der Waals surface area contributed by atoms with Crippen LogP contribution in [-0.2, 0) is 19.6 Å². The topological polar surface area (TPSA) is 130 Å². The Bertz CT molecular complexity index is 1290. The van der Waals surface area contributed by atoms with Gasteiger partial charge in [-0.15, -0.1) is 6.42 Å². The van der Waals surface area contributed by atoms with Crippen molar-refractivity contribution in [2.75, 3.05) is 32.0 Å². The van der Waals surface area contributed by atoms with Crippen LogP contribution in [0.15, 0.2) is 47.4 Å². The maximum atomic E-state index is 13.1. The van der Waals surface area contributed by atoms with Gasteiger partial charge in [-0.1, -0.05) is 18.1 Å². The van der Waals surface area contributed by atoms with Crippen LogP contribution in [-0.4, -0.2) is 61.0 Å². The van der Waals surface area contributed by atoms with E-state index in [0.29, 0.717) is 16.8 Å². The van der Waals surface area contributed by atoms with Gasteiger partial charge in [-0.05, 0) is 43.5 Å². The molecule has 2 amide bonds. The molecule has 10 nitrogen and oxygen atoms in total. The van der Waals surface area contributed by atoms with E-state index in [-0.39, 0.29) is 54.9 Å². The van der Waals surface area contributed by atoms with Gasteiger partial charge in [0.2, 0.25) is 21.8 Å². The number of hydrogen-bond donors (Lipinski definition) is 1. The summed E-state index contributed by atoms with van der Waals surface area (Å²) in [7, 11) is -2.43. The molecule has 1 saturated heterocycles. The van der Waals surface area contributed by atoms with Gasteiger partial charge >= 0.3 is 0 Å². The average molecular weight is 499 g/mol. The first-order valence-corrected chi connectivity index (χ1v) is 12.3. The van der Waals surface area contributed by atoms with E-state index in [1.54, 1.807) is 31.2 Å². The molecule has 1 fully saturated rings. The summed E-state index contributed by atoms with van der Waals surface area (Å²) in [5.41, 5.74) is 1.26. The molecule has 0 unspecified atom stereocenters. The number of piperidine rings is 1. The molecule has 2 aromatic rings. The number of aryl methyl sites for hydroxylation is 1. The maximum Gasteiger partial charge on any atom is 0.270 e. The summed E-state index contributed by atoms with van der Waals surface area (Å²) in [6, 6.07) is 10.5. The molecule has 11 heteroatoms. The van der Waals surface area contributed by atoms with Crippen LogP contribution in [0.25, 0.3) is 0 Å². The van der Waals surface area contributed by atoms with Gasteiger partial charge < -0.3 is 10.2 Å². The van der Waals surface area contributed by atoms with E-state index in [1.807, 2.05) is 0 Å². The quantitative estimate of drug-likeness (QED) is 0.354. The molecular formula is C24H26N4O6S. The van der Waals surface area contributed by atoms with Crippen molar-refractivity contribution in [2.45, 2.75) is 24.7 Å². The molecule has 35 heavy (non-hydrogen) atoms. The van der Waals surface area contributed by atoms with Crippen LogP contribution in [0.3, 0.4) is 0 Å². The average Bonchev–Trinajstić information content (AvgIpc) is 2.83. The van der Waals surface area contributed by atoms with Crippen molar-refractivity contribution in [3.8, 4) is 12.3 Å².